The van der Waals surface area contributed by atoms with Crippen LogP contribution in [0.25, 0.3) is 0 Å². The molecular formula is C12H16N2S. The number of allylic oxidation sites excluding steroid dienone is 2. The number of aliphatic imine (C=N–C) groups is 1. The third kappa shape index (κ3) is 2.45. The van der Waals surface area contributed by atoms with Crippen molar-refractivity contribution in [2.45, 2.75) is 26.8 Å². The topological polar surface area (TPSA) is 24.4 Å². The summed E-state index contributed by atoms with van der Waals surface area (Å²) in [5, 5.41) is 4.20. The van der Waals surface area contributed by atoms with Crippen LogP contribution >= 0.6 is 11.8 Å². The normalized spacial score (nSPS) is 24.6. The third-order valence-electron chi connectivity index (χ3n) is 2.31. The van der Waals surface area contributed by atoms with Gasteiger partial charge in [-0.2, -0.15) is 0 Å². The van der Waals surface area contributed by atoms with Crippen LogP contribution in [0.1, 0.15) is 20.8 Å². The highest BCUT2D eigenvalue weighted by molar-refractivity contribution is 8.17. The van der Waals surface area contributed by atoms with Crippen LogP contribution in [0.4, 0.5) is 0 Å². The number of likely N-dealkylation sites (N-methyl/N-ethyl adjacent to an activating group) is 1. The predicted molar refractivity (Wildman–Crippen MR) is 68.8 cm³/mol. The number of nitrogens with zero attached hydrogens (tertiary/aromatic N) is 1. The molecule has 0 aromatic carbocycles. The Bertz CT molecular complexity index is 383. The molecule has 0 amide bonds. The van der Waals surface area contributed by atoms with Crippen molar-refractivity contribution in [3.8, 4) is 12.3 Å². The molecule has 0 saturated carbocycles. The third-order valence-corrected chi connectivity index (χ3v) is 3.46. The fourth-order valence-electron chi connectivity index (χ4n) is 1.56. The molecule has 1 rings (SSSR count). The average molecular weight is 220 g/mol. The lowest BCUT2D eigenvalue weighted by Crippen LogP contribution is -2.10. The maximum Gasteiger partial charge on any atom is 0.142 e. The number of hydrogen-bond donors (Lipinski definition) is 1. The van der Waals surface area contributed by atoms with Crippen molar-refractivity contribution in [2.24, 2.45) is 4.99 Å². The lowest BCUT2D eigenvalue weighted by molar-refractivity contribution is 0.966. The first-order chi connectivity index (χ1) is 7.13. The Kier molecular flexibility index (Phi) is 4.05. The number of terminal acetylenes is 1. The first kappa shape index (κ1) is 11.9. The van der Waals surface area contributed by atoms with Crippen molar-refractivity contribution >= 4 is 16.8 Å². The van der Waals surface area contributed by atoms with Gasteiger partial charge in [-0.3, -0.25) is 4.99 Å². The van der Waals surface area contributed by atoms with Crippen LogP contribution < -0.4 is 5.32 Å². The zero-order chi connectivity index (χ0) is 11.4. The lowest BCUT2D eigenvalue weighted by Gasteiger charge is -2.11. The first-order valence-corrected chi connectivity index (χ1v) is 5.69. The average Bonchev–Trinajstić information content (AvgIpc) is 2.61. The summed E-state index contributed by atoms with van der Waals surface area (Å²) >= 11 is 1.67. The molecule has 0 fully saturated rings. The first-order valence-electron chi connectivity index (χ1n) is 4.87. The van der Waals surface area contributed by atoms with Gasteiger partial charge in [0, 0.05) is 17.6 Å². The predicted octanol–water partition coefficient (Wildman–Crippen LogP) is 2.55. The number of nitrogens with one attached hydrogen (secondary N) is 1. The van der Waals surface area contributed by atoms with Gasteiger partial charge in [0.05, 0.1) is 5.04 Å². The van der Waals surface area contributed by atoms with Gasteiger partial charge in [0.15, 0.2) is 0 Å². The quantitative estimate of drug-likeness (QED) is 0.723. The van der Waals surface area contributed by atoms with Crippen LogP contribution in [0.15, 0.2) is 27.2 Å². The van der Waals surface area contributed by atoms with Gasteiger partial charge in [0.1, 0.15) is 6.04 Å². The van der Waals surface area contributed by atoms with Gasteiger partial charge < -0.3 is 5.32 Å². The molecule has 1 N–H and O–H groups in total. The molecule has 0 bridgehead atoms. The van der Waals surface area contributed by atoms with Gasteiger partial charge in [-0.25, -0.2) is 0 Å². The zero-order valence-corrected chi connectivity index (χ0v) is 10.4. The summed E-state index contributed by atoms with van der Waals surface area (Å²) in [6.45, 7) is 6.07. The summed E-state index contributed by atoms with van der Waals surface area (Å²) < 4.78 is 0. The fraction of sp³-hybridized carbons (Fsp3) is 0.417. The van der Waals surface area contributed by atoms with Gasteiger partial charge in [-0.05, 0) is 26.3 Å². The van der Waals surface area contributed by atoms with Crippen LogP contribution in [0.5, 0.6) is 0 Å². The van der Waals surface area contributed by atoms with E-state index in [1.165, 1.54) is 5.57 Å². The van der Waals surface area contributed by atoms with E-state index in [0.717, 1.165) is 15.6 Å². The second-order valence-electron chi connectivity index (χ2n) is 3.26. The Hall–Kier alpha value is -1.14. The summed E-state index contributed by atoms with van der Waals surface area (Å²) in [5.74, 6) is 2.71. The van der Waals surface area contributed by atoms with E-state index < -0.39 is 0 Å². The maximum atomic E-state index is 5.46. The van der Waals surface area contributed by atoms with Gasteiger partial charge in [0.25, 0.3) is 0 Å². The van der Waals surface area contributed by atoms with Crippen molar-refractivity contribution in [1.29, 1.82) is 0 Å². The highest BCUT2D eigenvalue weighted by atomic mass is 32.2. The van der Waals surface area contributed by atoms with Crippen molar-refractivity contribution in [3.05, 3.63) is 22.3 Å². The van der Waals surface area contributed by atoms with E-state index in [0.29, 0.717) is 0 Å². The van der Waals surface area contributed by atoms with Crippen molar-refractivity contribution in [1.82, 2.24) is 5.32 Å². The van der Waals surface area contributed by atoms with Crippen molar-refractivity contribution in [2.75, 3.05) is 7.05 Å². The van der Waals surface area contributed by atoms with E-state index in [1.54, 1.807) is 11.8 Å². The molecule has 1 aliphatic heterocycles. The minimum Gasteiger partial charge on any atom is -0.388 e. The highest BCUT2D eigenvalue weighted by Crippen LogP contribution is 2.34. The molecule has 0 spiro atoms. The van der Waals surface area contributed by atoms with Gasteiger partial charge in [-0.15, -0.1) is 6.42 Å². The summed E-state index contributed by atoms with van der Waals surface area (Å²) in [5.41, 5.74) is 2.30. The van der Waals surface area contributed by atoms with Crippen LogP contribution in [-0.2, 0) is 0 Å². The van der Waals surface area contributed by atoms with E-state index in [9.17, 15) is 0 Å². The molecule has 0 radical (unpaired) electrons. The molecule has 1 heterocycles. The minimum absolute atomic E-state index is 0.0988. The maximum absolute atomic E-state index is 5.46. The summed E-state index contributed by atoms with van der Waals surface area (Å²) in [6.07, 6.45) is 7.51. The van der Waals surface area contributed by atoms with E-state index >= 15 is 0 Å². The van der Waals surface area contributed by atoms with E-state index in [1.807, 2.05) is 27.0 Å². The second-order valence-corrected chi connectivity index (χ2v) is 4.50. The van der Waals surface area contributed by atoms with Gasteiger partial charge in [-0.1, -0.05) is 23.8 Å². The number of thioether (sulfide) groups is 1. The fourth-order valence-corrected chi connectivity index (χ4v) is 2.53. The van der Waals surface area contributed by atoms with Crippen molar-refractivity contribution < 1.29 is 0 Å². The summed E-state index contributed by atoms with van der Waals surface area (Å²) in [4.78, 5) is 5.56. The molecule has 2 nitrogen and oxygen atoms in total. The van der Waals surface area contributed by atoms with Crippen LogP contribution in [-0.4, -0.2) is 18.1 Å². The molecule has 1 aliphatic rings. The minimum atomic E-state index is -0.0988. The molecule has 1 atom stereocenters. The summed E-state index contributed by atoms with van der Waals surface area (Å²) in [6, 6.07) is -0.0988. The monoisotopic (exact) mass is 220 g/mol. The Balaban J connectivity index is 3.08. The second kappa shape index (κ2) is 5.09. The molecule has 0 aromatic heterocycles. The Morgan fingerprint density at radius 1 is 1.67 bits per heavy atom. The number of hydrogen-bond acceptors (Lipinski definition) is 3. The molecular weight excluding hydrogens is 204 g/mol. The summed E-state index contributed by atoms with van der Waals surface area (Å²) in [7, 11) is 1.91. The van der Waals surface area contributed by atoms with E-state index in [4.69, 9.17) is 6.42 Å². The van der Waals surface area contributed by atoms with Crippen molar-refractivity contribution in [3.63, 3.8) is 0 Å². The van der Waals surface area contributed by atoms with Gasteiger partial charge in [0.2, 0.25) is 0 Å². The Morgan fingerprint density at radius 2 is 2.33 bits per heavy atom. The zero-order valence-electron chi connectivity index (χ0n) is 9.59. The molecule has 3 heteroatoms. The molecule has 0 saturated heterocycles. The van der Waals surface area contributed by atoms with Crippen LogP contribution in [0.2, 0.25) is 0 Å². The van der Waals surface area contributed by atoms with Crippen LogP contribution in [0.3, 0.4) is 0 Å². The van der Waals surface area contributed by atoms with Crippen LogP contribution in [0, 0.1) is 12.3 Å². The SMILES string of the molecule is C#CC1N=C(C)S/C1=C(C)\C(=C\C)NC. The Labute approximate surface area is 95.9 Å². The molecule has 15 heavy (non-hydrogen) atoms. The lowest BCUT2D eigenvalue weighted by atomic mass is 10.1. The Morgan fingerprint density at radius 3 is 2.80 bits per heavy atom. The molecule has 0 aliphatic carbocycles. The van der Waals surface area contributed by atoms with E-state index in [-0.39, 0.29) is 6.04 Å². The number of rotatable bonds is 2. The molecule has 1 unspecified atom stereocenters. The molecule has 80 valence electrons. The highest BCUT2D eigenvalue weighted by Gasteiger charge is 2.22. The largest absolute Gasteiger partial charge is 0.388 e. The van der Waals surface area contributed by atoms with E-state index in [2.05, 4.69) is 23.2 Å². The standard InChI is InChI=1S/C12H16N2S/c1-6-10(13-5)8(3)12-11(7-2)14-9(4)15-12/h2,6,11,13H,1,3-5H3/b10-6-,12-8-. The molecule has 0 aromatic rings. The smallest absolute Gasteiger partial charge is 0.142 e. The van der Waals surface area contributed by atoms with Gasteiger partial charge >= 0.3 is 0 Å².